The van der Waals surface area contributed by atoms with Crippen molar-refractivity contribution < 1.29 is 23.1 Å². The molecule has 106 valence electrons. The van der Waals surface area contributed by atoms with Crippen LogP contribution in [0.1, 0.15) is 36.7 Å². The first-order chi connectivity index (χ1) is 8.62. The van der Waals surface area contributed by atoms with Gasteiger partial charge in [-0.2, -0.15) is 13.2 Å². The Labute approximate surface area is 114 Å². The third kappa shape index (κ3) is 4.16. The standard InChI is InChI=1S/C13H15F3O2S/c1-7(2)8(3)19-11-5-4-9(13(14,15)16)6-10(11)12(17)18/h4-8H,1-3H3,(H,17,18). The number of carboxylic acids is 1. The van der Waals surface area contributed by atoms with Gasteiger partial charge in [-0.3, -0.25) is 0 Å². The van der Waals surface area contributed by atoms with Crippen LogP contribution in [-0.4, -0.2) is 16.3 Å². The molecule has 1 aromatic rings. The Balaban J connectivity index is 3.16. The second-order valence-corrected chi connectivity index (χ2v) is 6.00. The van der Waals surface area contributed by atoms with Crippen molar-refractivity contribution in [1.29, 1.82) is 0 Å². The van der Waals surface area contributed by atoms with Crippen LogP contribution in [0.25, 0.3) is 0 Å². The van der Waals surface area contributed by atoms with Gasteiger partial charge in [0.15, 0.2) is 0 Å². The van der Waals surface area contributed by atoms with Crippen molar-refractivity contribution in [3.63, 3.8) is 0 Å². The average molecular weight is 292 g/mol. The minimum Gasteiger partial charge on any atom is -0.478 e. The first-order valence-corrected chi connectivity index (χ1v) is 6.62. The molecule has 1 aromatic carbocycles. The lowest BCUT2D eigenvalue weighted by molar-refractivity contribution is -0.137. The van der Waals surface area contributed by atoms with E-state index in [1.165, 1.54) is 17.8 Å². The molecule has 0 aliphatic carbocycles. The maximum absolute atomic E-state index is 12.6. The average Bonchev–Trinajstić information content (AvgIpc) is 2.27. The zero-order chi connectivity index (χ0) is 14.8. The van der Waals surface area contributed by atoms with E-state index in [0.717, 1.165) is 6.07 Å². The molecule has 0 amide bonds. The largest absolute Gasteiger partial charge is 0.478 e. The summed E-state index contributed by atoms with van der Waals surface area (Å²) in [6.07, 6.45) is -4.53. The summed E-state index contributed by atoms with van der Waals surface area (Å²) in [5, 5.41) is 9.15. The second kappa shape index (κ2) is 5.86. The molecule has 0 saturated heterocycles. The number of carboxylic acid groups (broad SMARTS) is 1. The van der Waals surface area contributed by atoms with Crippen LogP contribution >= 0.6 is 11.8 Å². The minimum atomic E-state index is -4.53. The molecule has 0 aromatic heterocycles. The number of benzene rings is 1. The van der Waals surface area contributed by atoms with Crippen LogP contribution in [0.5, 0.6) is 0 Å². The molecular formula is C13H15F3O2S. The number of rotatable bonds is 4. The molecule has 0 saturated carbocycles. The van der Waals surface area contributed by atoms with Gasteiger partial charge in [-0.05, 0) is 24.1 Å². The predicted molar refractivity (Wildman–Crippen MR) is 68.6 cm³/mol. The van der Waals surface area contributed by atoms with E-state index in [-0.39, 0.29) is 10.8 Å². The van der Waals surface area contributed by atoms with Crippen molar-refractivity contribution in [3.05, 3.63) is 29.3 Å². The fourth-order valence-corrected chi connectivity index (χ4v) is 2.41. The molecular weight excluding hydrogens is 277 g/mol. The smallest absolute Gasteiger partial charge is 0.416 e. The first kappa shape index (κ1) is 15.9. The molecule has 0 spiro atoms. The summed E-state index contributed by atoms with van der Waals surface area (Å²) in [6, 6.07) is 2.84. The molecule has 0 aliphatic heterocycles. The molecule has 1 rings (SSSR count). The summed E-state index contributed by atoms with van der Waals surface area (Å²) in [5.41, 5.74) is -1.24. The molecule has 1 atom stereocenters. The molecule has 0 fully saturated rings. The Bertz CT molecular complexity index is 469. The number of aromatic carboxylic acids is 1. The highest BCUT2D eigenvalue weighted by molar-refractivity contribution is 8.00. The van der Waals surface area contributed by atoms with E-state index < -0.39 is 17.7 Å². The molecule has 0 radical (unpaired) electrons. The van der Waals surface area contributed by atoms with Crippen LogP contribution in [0, 0.1) is 5.92 Å². The molecule has 0 heterocycles. The van der Waals surface area contributed by atoms with Crippen molar-refractivity contribution in [2.45, 2.75) is 37.1 Å². The topological polar surface area (TPSA) is 37.3 Å². The van der Waals surface area contributed by atoms with Gasteiger partial charge in [0.2, 0.25) is 0 Å². The van der Waals surface area contributed by atoms with Gasteiger partial charge in [-0.25, -0.2) is 4.79 Å². The van der Waals surface area contributed by atoms with Crippen LogP contribution in [0.15, 0.2) is 23.1 Å². The highest BCUT2D eigenvalue weighted by Gasteiger charge is 2.32. The van der Waals surface area contributed by atoms with Gasteiger partial charge >= 0.3 is 12.1 Å². The Hall–Kier alpha value is -1.17. The zero-order valence-electron chi connectivity index (χ0n) is 10.8. The van der Waals surface area contributed by atoms with Gasteiger partial charge in [0.25, 0.3) is 0 Å². The van der Waals surface area contributed by atoms with Crippen molar-refractivity contribution in [2.24, 2.45) is 5.92 Å². The first-order valence-electron chi connectivity index (χ1n) is 5.74. The van der Waals surface area contributed by atoms with E-state index in [2.05, 4.69) is 0 Å². The van der Waals surface area contributed by atoms with Gasteiger partial charge in [-0.1, -0.05) is 20.8 Å². The van der Waals surface area contributed by atoms with E-state index in [9.17, 15) is 18.0 Å². The number of hydrogen-bond donors (Lipinski definition) is 1. The number of thioether (sulfide) groups is 1. The number of alkyl halides is 3. The van der Waals surface area contributed by atoms with Gasteiger partial charge in [0.1, 0.15) is 0 Å². The minimum absolute atomic E-state index is 0.120. The lowest BCUT2D eigenvalue weighted by Gasteiger charge is -2.17. The zero-order valence-corrected chi connectivity index (χ0v) is 11.6. The molecule has 0 bridgehead atoms. The van der Waals surface area contributed by atoms with Crippen LogP contribution in [0.4, 0.5) is 13.2 Å². The SMILES string of the molecule is CC(C)C(C)Sc1ccc(C(F)(F)F)cc1C(=O)O. The number of halogens is 3. The molecule has 1 unspecified atom stereocenters. The molecule has 2 nitrogen and oxygen atoms in total. The van der Waals surface area contributed by atoms with Gasteiger partial charge < -0.3 is 5.11 Å². The Morgan fingerprint density at radius 1 is 1.26 bits per heavy atom. The summed E-state index contributed by atoms with van der Waals surface area (Å²) >= 11 is 1.28. The number of carbonyl (C=O) groups is 1. The normalized spacial score (nSPS) is 13.6. The van der Waals surface area contributed by atoms with Crippen molar-refractivity contribution in [2.75, 3.05) is 0 Å². The van der Waals surface area contributed by atoms with E-state index in [0.29, 0.717) is 16.9 Å². The molecule has 0 aliphatic rings. The van der Waals surface area contributed by atoms with E-state index >= 15 is 0 Å². The fraction of sp³-hybridized carbons (Fsp3) is 0.462. The highest BCUT2D eigenvalue weighted by atomic mass is 32.2. The Morgan fingerprint density at radius 2 is 1.84 bits per heavy atom. The van der Waals surface area contributed by atoms with E-state index in [1.54, 1.807) is 0 Å². The molecule has 1 N–H and O–H groups in total. The summed E-state index contributed by atoms with van der Waals surface area (Å²) in [7, 11) is 0. The van der Waals surface area contributed by atoms with Crippen LogP contribution in [0.3, 0.4) is 0 Å². The lowest BCUT2D eigenvalue weighted by atomic mass is 10.1. The Kier molecular flexibility index (Phi) is 4.90. The summed E-state index contributed by atoms with van der Waals surface area (Å²) in [4.78, 5) is 11.4. The van der Waals surface area contributed by atoms with E-state index in [4.69, 9.17) is 5.11 Å². The summed E-state index contributed by atoms with van der Waals surface area (Å²) in [6.45, 7) is 5.86. The molecule has 6 heteroatoms. The van der Waals surface area contributed by atoms with Gasteiger partial charge in [0, 0.05) is 10.1 Å². The van der Waals surface area contributed by atoms with E-state index in [1.807, 2.05) is 20.8 Å². The van der Waals surface area contributed by atoms with Crippen molar-refractivity contribution in [1.82, 2.24) is 0 Å². The van der Waals surface area contributed by atoms with Crippen molar-refractivity contribution in [3.8, 4) is 0 Å². The fourth-order valence-electron chi connectivity index (χ4n) is 1.31. The third-order valence-corrected chi connectivity index (χ3v) is 4.32. The summed E-state index contributed by atoms with van der Waals surface area (Å²) < 4.78 is 37.7. The predicted octanol–water partition coefficient (Wildman–Crippen LogP) is 4.54. The van der Waals surface area contributed by atoms with Crippen LogP contribution in [0.2, 0.25) is 0 Å². The van der Waals surface area contributed by atoms with Crippen LogP contribution in [-0.2, 0) is 6.18 Å². The maximum atomic E-state index is 12.6. The monoisotopic (exact) mass is 292 g/mol. The highest BCUT2D eigenvalue weighted by Crippen LogP contribution is 2.35. The Morgan fingerprint density at radius 3 is 2.26 bits per heavy atom. The lowest BCUT2D eigenvalue weighted by Crippen LogP contribution is -2.10. The number of hydrogen-bond acceptors (Lipinski definition) is 2. The third-order valence-electron chi connectivity index (χ3n) is 2.79. The molecule has 19 heavy (non-hydrogen) atoms. The quantitative estimate of drug-likeness (QED) is 0.828. The maximum Gasteiger partial charge on any atom is 0.416 e. The second-order valence-electron chi connectivity index (χ2n) is 4.58. The summed E-state index contributed by atoms with van der Waals surface area (Å²) in [5.74, 6) is -1.04. The van der Waals surface area contributed by atoms with Crippen LogP contribution < -0.4 is 0 Å². The van der Waals surface area contributed by atoms with Gasteiger partial charge in [-0.15, -0.1) is 11.8 Å². The van der Waals surface area contributed by atoms with Gasteiger partial charge in [0.05, 0.1) is 11.1 Å². The van der Waals surface area contributed by atoms with Crippen molar-refractivity contribution >= 4 is 17.7 Å².